The molecule has 0 aliphatic carbocycles. The number of aromatic nitrogens is 3. The second-order valence-electron chi connectivity index (χ2n) is 3.03. The SMILES string of the molecule is C/C=C/CCNCc1ncnn1CC. The molecule has 0 fully saturated rings. The van der Waals surface area contributed by atoms with Crippen LogP contribution in [0.15, 0.2) is 18.5 Å². The fraction of sp³-hybridized carbons (Fsp3) is 0.600. The molecule has 0 unspecified atom stereocenters. The second kappa shape index (κ2) is 6.32. The Morgan fingerprint density at radius 1 is 1.57 bits per heavy atom. The number of hydrogen-bond donors (Lipinski definition) is 1. The lowest BCUT2D eigenvalue weighted by atomic mass is 10.4. The van der Waals surface area contributed by atoms with Crippen LogP contribution >= 0.6 is 0 Å². The van der Waals surface area contributed by atoms with Gasteiger partial charge in [0.2, 0.25) is 0 Å². The third kappa shape index (κ3) is 3.30. The van der Waals surface area contributed by atoms with Crippen LogP contribution in [0.1, 0.15) is 26.1 Å². The average Bonchev–Trinajstić information content (AvgIpc) is 2.65. The van der Waals surface area contributed by atoms with Gasteiger partial charge in [-0.25, -0.2) is 9.67 Å². The molecule has 0 amide bonds. The lowest BCUT2D eigenvalue weighted by Crippen LogP contribution is -2.18. The Labute approximate surface area is 85.0 Å². The van der Waals surface area contributed by atoms with Crippen molar-refractivity contribution in [3.05, 3.63) is 24.3 Å². The summed E-state index contributed by atoms with van der Waals surface area (Å²) in [6, 6.07) is 0. The maximum absolute atomic E-state index is 4.18. The molecule has 0 saturated carbocycles. The van der Waals surface area contributed by atoms with E-state index in [0.717, 1.165) is 31.9 Å². The van der Waals surface area contributed by atoms with Crippen molar-refractivity contribution in [2.24, 2.45) is 0 Å². The number of allylic oxidation sites excluding steroid dienone is 1. The number of rotatable bonds is 6. The molecule has 0 aliphatic heterocycles. The van der Waals surface area contributed by atoms with Gasteiger partial charge in [-0.1, -0.05) is 12.2 Å². The first kappa shape index (κ1) is 10.9. The van der Waals surface area contributed by atoms with Crippen molar-refractivity contribution in [2.45, 2.75) is 33.4 Å². The first-order valence-electron chi connectivity index (χ1n) is 5.07. The van der Waals surface area contributed by atoms with Gasteiger partial charge in [0.25, 0.3) is 0 Å². The van der Waals surface area contributed by atoms with E-state index in [4.69, 9.17) is 0 Å². The summed E-state index contributed by atoms with van der Waals surface area (Å²) in [6.45, 7) is 6.77. The highest BCUT2D eigenvalue weighted by Gasteiger charge is 1.99. The van der Waals surface area contributed by atoms with Gasteiger partial charge < -0.3 is 5.32 Å². The Balaban J connectivity index is 2.24. The number of nitrogens with one attached hydrogen (secondary N) is 1. The highest BCUT2D eigenvalue weighted by molar-refractivity contribution is 4.84. The van der Waals surface area contributed by atoms with Crippen LogP contribution < -0.4 is 5.32 Å². The predicted octanol–water partition coefficient (Wildman–Crippen LogP) is 1.35. The van der Waals surface area contributed by atoms with Crippen LogP contribution in [0.3, 0.4) is 0 Å². The Kier molecular flexibility index (Phi) is 4.93. The molecule has 0 aromatic carbocycles. The molecule has 1 aromatic heterocycles. The molecule has 0 bridgehead atoms. The van der Waals surface area contributed by atoms with Crippen LogP contribution in [0.2, 0.25) is 0 Å². The molecule has 0 saturated heterocycles. The highest BCUT2D eigenvalue weighted by Crippen LogP contribution is 1.92. The largest absolute Gasteiger partial charge is 0.310 e. The zero-order valence-corrected chi connectivity index (χ0v) is 8.90. The van der Waals surface area contributed by atoms with Gasteiger partial charge in [-0.15, -0.1) is 0 Å². The van der Waals surface area contributed by atoms with Gasteiger partial charge in [0.05, 0.1) is 6.54 Å². The standard InChI is InChI=1S/C10H18N4/c1-3-5-6-7-11-8-10-12-9-13-14(10)4-2/h3,5,9,11H,4,6-8H2,1-2H3/b5-3+. The molecule has 0 radical (unpaired) electrons. The molecular formula is C10H18N4. The van der Waals surface area contributed by atoms with E-state index in [1.807, 2.05) is 11.6 Å². The quantitative estimate of drug-likeness (QED) is 0.549. The summed E-state index contributed by atoms with van der Waals surface area (Å²) in [5, 5.41) is 7.42. The van der Waals surface area contributed by atoms with Crippen molar-refractivity contribution in [3.63, 3.8) is 0 Å². The number of nitrogens with zero attached hydrogens (tertiary/aromatic N) is 3. The van der Waals surface area contributed by atoms with E-state index >= 15 is 0 Å². The number of hydrogen-bond acceptors (Lipinski definition) is 3. The van der Waals surface area contributed by atoms with Crippen LogP contribution in [-0.2, 0) is 13.1 Å². The molecule has 0 spiro atoms. The van der Waals surface area contributed by atoms with Crippen LogP contribution in [0.25, 0.3) is 0 Å². The Bertz CT molecular complexity index is 277. The third-order valence-corrected chi connectivity index (χ3v) is 2.00. The van der Waals surface area contributed by atoms with Gasteiger partial charge in [-0.05, 0) is 26.8 Å². The minimum atomic E-state index is 0.797. The van der Waals surface area contributed by atoms with Crippen molar-refractivity contribution in [1.29, 1.82) is 0 Å². The zero-order valence-electron chi connectivity index (χ0n) is 8.90. The topological polar surface area (TPSA) is 42.7 Å². The van der Waals surface area contributed by atoms with Gasteiger partial charge in [0, 0.05) is 6.54 Å². The van der Waals surface area contributed by atoms with Gasteiger partial charge in [-0.2, -0.15) is 5.10 Å². The van der Waals surface area contributed by atoms with E-state index in [9.17, 15) is 0 Å². The van der Waals surface area contributed by atoms with E-state index in [1.54, 1.807) is 6.33 Å². The van der Waals surface area contributed by atoms with E-state index < -0.39 is 0 Å². The summed E-state index contributed by atoms with van der Waals surface area (Å²) >= 11 is 0. The van der Waals surface area contributed by atoms with E-state index in [0.29, 0.717) is 0 Å². The maximum Gasteiger partial charge on any atom is 0.140 e. The Morgan fingerprint density at radius 3 is 3.14 bits per heavy atom. The molecule has 0 aliphatic rings. The minimum Gasteiger partial charge on any atom is -0.310 e. The predicted molar refractivity (Wildman–Crippen MR) is 56.8 cm³/mol. The van der Waals surface area contributed by atoms with Crippen LogP contribution in [0.4, 0.5) is 0 Å². The summed E-state index contributed by atoms with van der Waals surface area (Å²) in [5.41, 5.74) is 0. The first-order chi connectivity index (χ1) is 6.88. The molecule has 0 atom stereocenters. The third-order valence-electron chi connectivity index (χ3n) is 2.00. The monoisotopic (exact) mass is 194 g/mol. The lowest BCUT2D eigenvalue weighted by molar-refractivity contribution is 0.575. The van der Waals surface area contributed by atoms with E-state index in [-0.39, 0.29) is 0 Å². The van der Waals surface area contributed by atoms with Crippen molar-refractivity contribution in [1.82, 2.24) is 20.1 Å². The summed E-state index contributed by atoms with van der Waals surface area (Å²) in [7, 11) is 0. The summed E-state index contributed by atoms with van der Waals surface area (Å²) in [5.74, 6) is 1.01. The molecule has 1 N–H and O–H groups in total. The molecule has 4 heteroatoms. The zero-order chi connectivity index (χ0) is 10.2. The van der Waals surface area contributed by atoms with Crippen LogP contribution in [-0.4, -0.2) is 21.3 Å². The molecule has 1 rings (SSSR count). The first-order valence-corrected chi connectivity index (χ1v) is 5.07. The van der Waals surface area contributed by atoms with E-state index in [1.165, 1.54) is 0 Å². The molecule has 1 heterocycles. The van der Waals surface area contributed by atoms with Crippen molar-refractivity contribution in [3.8, 4) is 0 Å². The fourth-order valence-corrected chi connectivity index (χ4v) is 1.24. The maximum atomic E-state index is 4.18. The van der Waals surface area contributed by atoms with Gasteiger partial charge in [0.1, 0.15) is 12.2 Å². The normalized spacial score (nSPS) is 11.3. The van der Waals surface area contributed by atoms with Gasteiger partial charge in [-0.3, -0.25) is 0 Å². The smallest absolute Gasteiger partial charge is 0.140 e. The van der Waals surface area contributed by atoms with Crippen molar-refractivity contribution < 1.29 is 0 Å². The minimum absolute atomic E-state index is 0.797. The molecule has 4 nitrogen and oxygen atoms in total. The van der Waals surface area contributed by atoms with Crippen molar-refractivity contribution in [2.75, 3.05) is 6.54 Å². The summed E-state index contributed by atoms with van der Waals surface area (Å²) < 4.78 is 1.91. The molecule has 1 aromatic rings. The number of aryl methyl sites for hydroxylation is 1. The second-order valence-corrected chi connectivity index (χ2v) is 3.03. The van der Waals surface area contributed by atoms with Crippen LogP contribution in [0.5, 0.6) is 0 Å². The lowest BCUT2D eigenvalue weighted by Gasteiger charge is -2.03. The van der Waals surface area contributed by atoms with Crippen molar-refractivity contribution >= 4 is 0 Å². The van der Waals surface area contributed by atoms with Gasteiger partial charge in [0.15, 0.2) is 0 Å². The highest BCUT2D eigenvalue weighted by atomic mass is 15.3. The summed E-state index contributed by atoms with van der Waals surface area (Å²) in [6.07, 6.45) is 6.89. The van der Waals surface area contributed by atoms with Gasteiger partial charge >= 0.3 is 0 Å². The Hall–Kier alpha value is -1.16. The Morgan fingerprint density at radius 2 is 2.43 bits per heavy atom. The van der Waals surface area contributed by atoms with Crippen LogP contribution in [0, 0.1) is 0 Å². The molecular weight excluding hydrogens is 176 g/mol. The molecule has 14 heavy (non-hydrogen) atoms. The fourth-order valence-electron chi connectivity index (χ4n) is 1.24. The summed E-state index contributed by atoms with van der Waals surface area (Å²) in [4.78, 5) is 4.18. The molecule has 78 valence electrons. The van der Waals surface area contributed by atoms with E-state index in [2.05, 4.69) is 34.5 Å². The average molecular weight is 194 g/mol.